The van der Waals surface area contributed by atoms with Gasteiger partial charge in [-0.2, -0.15) is 8.42 Å². The summed E-state index contributed by atoms with van der Waals surface area (Å²) in [5, 5.41) is 1.57. The maximum atomic E-state index is 12.6. The molecule has 0 radical (unpaired) electrons. The third-order valence-corrected chi connectivity index (χ3v) is 9.02. The van der Waals surface area contributed by atoms with E-state index in [0.717, 1.165) is 48.6 Å². The molecule has 0 aliphatic carbocycles. The maximum absolute atomic E-state index is 12.6. The third kappa shape index (κ3) is 12.6. The Balaban J connectivity index is 1.94. The maximum Gasteiger partial charge on any atom is 0.295 e. The van der Waals surface area contributed by atoms with Crippen molar-refractivity contribution in [3.05, 3.63) is 41.5 Å². The van der Waals surface area contributed by atoms with Gasteiger partial charge in [-0.05, 0) is 42.2 Å². The largest absolute Gasteiger partial charge is 0.295 e. The third-order valence-electron chi connectivity index (χ3n) is 8.03. The first kappa shape index (κ1) is 32.8. The van der Waals surface area contributed by atoms with Gasteiger partial charge in [0.2, 0.25) is 0 Å². The molecular weight excluding hydrogens is 488 g/mol. The van der Waals surface area contributed by atoms with Crippen molar-refractivity contribution in [1.29, 1.82) is 0 Å². The van der Waals surface area contributed by atoms with E-state index in [1.807, 2.05) is 24.3 Å². The highest BCUT2D eigenvalue weighted by atomic mass is 32.2. The van der Waals surface area contributed by atoms with Gasteiger partial charge in [0.15, 0.2) is 0 Å². The number of hydrogen-bond acceptors (Lipinski definition) is 2. The highest BCUT2D eigenvalue weighted by Crippen LogP contribution is 2.32. The predicted molar refractivity (Wildman–Crippen MR) is 165 cm³/mol. The molecule has 4 heteroatoms. The van der Waals surface area contributed by atoms with Crippen LogP contribution in [-0.4, -0.2) is 13.0 Å². The molecule has 0 fully saturated rings. The van der Waals surface area contributed by atoms with E-state index < -0.39 is 10.1 Å². The van der Waals surface area contributed by atoms with E-state index in [9.17, 15) is 13.0 Å². The Hall–Kier alpha value is -1.39. The molecule has 0 aromatic heterocycles. The van der Waals surface area contributed by atoms with Crippen LogP contribution in [0.1, 0.15) is 153 Å². The molecule has 0 spiro atoms. The van der Waals surface area contributed by atoms with Crippen molar-refractivity contribution in [1.82, 2.24) is 0 Å². The van der Waals surface area contributed by atoms with Gasteiger partial charge in [-0.1, -0.05) is 160 Å². The van der Waals surface area contributed by atoms with Gasteiger partial charge in [0.25, 0.3) is 10.1 Å². The first-order valence-electron chi connectivity index (χ1n) is 16.0. The van der Waals surface area contributed by atoms with Crippen molar-refractivity contribution in [2.75, 3.05) is 0 Å². The molecule has 0 aliphatic heterocycles. The molecule has 2 aromatic carbocycles. The van der Waals surface area contributed by atoms with Crippen LogP contribution in [0.5, 0.6) is 0 Å². The van der Waals surface area contributed by atoms with Gasteiger partial charge in [-0.15, -0.1) is 0 Å². The molecule has 0 saturated carbocycles. The molecule has 0 atom stereocenters. The lowest BCUT2D eigenvalue weighted by atomic mass is 9.93. The molecule has 0 heterocycles. The van der Waals surface area contributed by atoms with Crippen LogP contribution in [0.25, 0.3) is 10.8 Å². The number of benzene rings is 2. The van der Waals surface area contributed by atoms with Crippen LogP contribution in [0.15, 0.2) is 35.2 Å². The molecule has 0 unspecified atom stereocenters. The Labute approximate surface area is 235 Å². The van der Waals surface area contributed by atoms with E-state index in [1.54, 1.807) is 0 Å². The summed E-state index contributed by atoms with van der Waals surface area (Å²) in [6.45, 7) is 4.52. The van der Waals surface area contributed by atoms with Crippen molar-refractivity contribution in [2.24, 2.45) is 0 Å². The van der Waals surface area contributed by atoms with E-state index in [0.29, 0.717) is 5.39 Å². The van der Waals surface area contributed by atoms with Crippen LogP contribution >= 0.6 is 0 Å². The van der Waals surface area contributed by atoms with Gasteiger partial charge in [0.05, 0.1) is 0 Å². The van der Waals surface area contributed by atoms with Crippen LogP contribution in [-0.2, 0) is 23.0 Å². The zero-order valence-electron chi connectivity index (χ0n) is 24.6. The predicted octanol–water partition coefficient (Wildman–Crippen LogP) is 11.0. The van der Waals surface area contributed by atoms with Crippen molar-refractivity contribution < 1.29 is 13.0 Å². The summed E-state index contributed by atoms with van der Waals surface area (Å²) in [5.41, 5.74) is 1.98. The minimum atomic E-state index is -4.30. The lowest BCUT2D eigenvalue weighted by Gasteiger charge is -2.17. The number of unbranched alkanes of at least 4 members (excludes halogenated alkanes) is 18. The van der Waals surface area contributed by atoms with Crippen LogP contribution in [0.4, 0.5) is 0 Å². The first-order chi connectivity index (χ1) is 18.5. The summed E-state index contributed by atoms with van der Waals surface area (Å²) < 4.78 is 35.5. The van der Waals surface area contributed by atoms with Crippen LogP contribution in [0.3, 0.4) is 0 Å². The van der Waals surface area contributed by atoms with Gasteiger partial charge in [-0.25, -0.2) is 0 Å². The zero-order chi connectivity index (χ0) is 27.5. The van der Waals surface area contributed by atoms with Gasteiger partial charge in [-0.3, -0.25) is 4.55 Å². The zero-order valence-corrected chi connectivity index (χ0v) is 25.4. The molecule has 38 heavy (non-hydrogen) atoms. The summed E-state index contributed by atoms with van der Waals surface area (Å²) in [7, 11) is -4.30. The summed E-state index contributed by atoms with van der Waals surface area (Å²) in [5.74, 6) is 0. The lowest BCUT2D eigenvalue weighted by Crippen LogP contribution is -2.08. The van der Waals surface area contributed by atoms with Gasteiger partial charge >= 0.3 is 0 Å². The van der Waals surface area contributed by atoms with Crippen molar-refractivity contribution in [3.63, 3.8) is 0 Å². The van der Waals surface area contributed by atoms with E-state index in [4.69, 9.17) is 0 Å². The molecule has 1 N–H and O–H groups in total. The molecule has 2 aromatic rings. The normalized spacial score (nSPS) is 12.0. The Morgan fingerprint density at radius 1 is 0.579 bits per heavy atom. The molecule has 2 rings (SSSR count). The second-order valence-corrected chi connectivity index (χ2v) is 12.8. The Bertz CT molecular complexity index is 996. The van der Waals surface area contributed by atoms with E-state index in [2.05, 4.69) is 19.9 Å². The quantitative estimate of drug-likeness (QED) is 0.112. The lowest BCUT2D eigenvalue weighted by molar-refractivity contribution is 0.482. The van der Waals surface area contributed by atoms with Crippen molar-refractivity contribution >= 4 is 20.9 Å². The molecular formula is C34H56O3S. The van der Waals surface area contributed by atoms with E-state index in [-0.39, 0.29) is 4.90 Å². The molecule has 216 valence electrons. The smallest absolute Gasteiger partial charge is 0.282 e. The molecule has 0 saturated heterocycles. The summed E-state index contributed by atoms with van der Waals surface area (Å²) >= 11 is 0. The van der Waals surface area contributed by atoms with Crippen LogP contribution < -0.4 is 0 Å². The van der Waals surface area contributed by atoms with E-state index in [1.165, 1.54) is 109 Å². The Morgan fingerprint density at radius 2 is 1.00 bits per heavy atom. The van der Waals surface area contributed by atoms with Gasteiger partial charge in [0.1, 0.15) is 4.90 Å². The molecule has 0 aliphatic rings. The molecule has 0 bridgehead atoms. The minimum Gasteiger partial charge on any atom is -0.282 e. The standard InChI is InChI=1S/C34H56O3S/c1-3-5-7-9-11-13-15-17-19-21-25-30-29-31-26-23-24-28-33(31)34(38(35,36)37)32(30)27-22-20-18-16-14-12-10-8-6-4-2/h23-24,26,28-29H,3-22,25,27H2,1-2H3,(H,35,36,37). The van der Waals surface area contributed by atoms with Crippen LogP contribution in [0, 0.1) is 0 Å². The second kappa shape index (κ2) is 19.6. The van der Waals surface area contributed by atoms with Gasteiger partial charge in [0, 0.05) is 5.39 Å². The monoisotopic (exact) mass is 544 g/mol. The summed E-state index contributed by atoms with van der Waals surface area (Å²) in [6, 6.07) is 9.80. The first-order valence-corrected chi connectivity index (χ1v) is 17.4. The van der Waals surface area contributed by atoms with Gasteiger partial charge < -0.3 is 0 Å². The fraction of sp³-hybridized carbons (Fsp3) is 0.706. The number of fused-ring (bicyclic) bond motifs is 1. The Kier molecular flexibility index (Phi) is 17.0. The summed E-state index contributed by atoms with van der Waals surface area (Å²) in [6.07, 6.45) is 27.0. The molecule has 0 amide bonds. The van der Waals surface area contributed by atoms with Crippen molar-refractivity contribution in [2.45, 2.75) is 160 Å². The highest BCUT2D eigenvalue weighted by Gasteiger charge is 2.22. The van der Waals surface area contributed by atoms with E-state index >= 15 is 0 Å². The number of rotatable bonds is 23. The number of hydrogen-bond donors (Lipinski definition) is 1. The van der Waals surface area contributed by atoms with Crippen LogP contribution in [0.2, 0.25) is 0 Å². The second-order valence-electron chi connectivity index (χ2n) is 11.4. The summed E-state index contributed by atoms with van der Waals surface area (Å²) in [4.78, 5) is 0.161. The number of aryl methyl sites for hydroxylation is 1. The average molecular weight is 545 g/mol. The molecule has 3 nitrogen and oxygen atoms in total. The average Bonchev–Trinajstić information content (AvgIpc) is 2.89. The van der Waals surface area contributed by atoms with Crippen molar-refractivity contribution in [3.8, 4) is 0 Å². The fourth-order valence-electron chi connectivity index (χ4n) is 5.80. The fourth-order valence-corrected chi connectivity index (χ4v) is 6.81. The minimum absolute atomic E-state index is 0.161. The SMILES string of the molecule is CCCCCCCCCCCCc1cc2ccccc2c(S(=O)(=O)O)c1CCCCCCCCCCCC. The highest BCUT2D eigenvalue weighted by molar-refractivity contribution is 7.86. The Morgan fingerprint density at radius 3 is 1.47 bits per heavy atom. The topological polar surface area (TPSA) is 54.4 Å².